The van der Waals surface area contributed by atoms with Gasteiger partial charge in [-0.2, -0.15) is 0 Å². The number of allylic oxidation sites excluding steroid dienone is 1. The smallest absolute Gasteiger partial charge is 0.0785 e. The topological polar surface area (TPSA) is 0 Å². The minimum absolute atomic E-state index is 0.145. The first kappa shape index (κ1) is 17.2. The highest BCUT2D eigenvalue weighted by Crippen LogP contribution is 2.41. The van der Waals surface area contributed by atoms with Crippen molar-refractivity contribution in [3.63, 3.8) is 0 Å². The third-order valence-electron chi connectivity index (χ3n) is 3.32. The number of halogens is 1. The van der Waals surface area contributed by atoms with Crippen molar-refractivity contribution >= 4 is 35.1 Å². The highest BCUT2D eigenvalue weighted by atomic mass is 35.5. The second-order valence-electron chi connectivity index (χ2n) is 5.13. The van der Waals surface area contributed by atoms with E-state index in [2.05, 4.69) is 66.7 Å². The molecule has 0 heterocycles. The Morgan fingerprint density at radius 2 is 1.08 bits per heavy atom. The lowest BCUT2D eigenvalue weighted by Crippen LogP contribution is -1.86. The molecule has 120 valence electrons. The van der Waals surface area contributed by atoms with Gasteiger partial charge in [-0.05, 0) is 35.9 Å². The van der Waals surface area contributed by atoms with Crippen molar-refractivity contribution in [3.8, 4) is 0 Å². The Morgan fingerprint density at radius 1 is 0.667 bits per heavy atom. The summed E-state index contributed by atoms with van der Waals surface area (Å²) in [5.74, 6) is 0. The summed E-state index contributed by atoms with van der Waals surface area (Å²) in [7, 11) is 0. The van der Waals surface area contributed by atoms with Gasteiger partial charge in [0, 0.05) is 14.0 Å². The minimum Gasteiger partial charge on any atom is -0.113 e. The Bertz CT molecular complexity index is 727. The molecule has 0 aliphatic carbocycles. The van der Waals surface area contributed by atoms with E-state index in [1.54, 1.807) is 23.5 Å². The van der Waals surface area contributed by atoms with Gasteiger partial charge in [0.05, 0.1) is 5.38 Å². The predicted octanol–water partition coefficient (Wildman–Crippen LogP) is 7.39. The largest absolute Gasteiger partial charge is 0.113 e. The normalized spacial score (nSPS) is 11.7. The van der Waals surface area contributed by atoms with Crippen LogP contribution >= 0.6 is 35.1 Å². The average Bonchev–Trinajstić information content (AvgIpc) is 2.64. The van der Waals surface area contributed by atoms with Gasteiger partial charge in [0.2, 0.25) is 0 Å². The summed E-state index contributed by atoms with van der Waals surface area (Å²) < 4.78 is 1.18. The quantitative estimate of drug-likeness (QED) is 0.328. The molecule has 3 rings (SSSR count). The molecule has 0 amide bonds. The zero-order valence-corrected chi connectivity index (χ0v) is 15.4. The predicted molar refractivity (Wildman–Crippen MR) is 108 cm³/mol. The number of alkyl halides is 1. The second-order valence-corrected chi connectivity index (χ2v) is 8.09. The van der Waals surface area contributed by atoms with Gasteiger partial charge in [-0.1, -0.05) is 90.3 Å². The van der Waals surface area contributed by atoms with E-state index in [1.165, 1.54) is 14.0 Å². The third kappa shape index (κ3) is 5.20. The standard InChI is InChI=1S/C21H17ClS2/c22-20(17-10-4-1-5-11-17)16-21(23-18-12-6-2-7-13-18)24-19-14-8-3-9-15-19/h1-16,20H. The van der Waals surface area contributed by atoms with E-state index in [9.17, 15) is 0 Å². The van der Waals surface area contributed by atoms with Crippen molar-refractivity contribution < 1.29 is 0 Å². The third-order valence-corrected chi connectivity index (χ3v) is 5.89. The zero-order valence-electron chi connectivity index (χ0n) is 13.0. The van der Waals surface area contributed by atoms with Crippen molar-refractivity contribution in [1.29, 1.82) is 0 Å². The van der Waals surface area contributed by atoms with Crippen LogP contribution in [0.25, 0.3) is 0 Å². The molecule has 0 bridgehead atoms. The summed E-state index contributed by atoms with van der Waals surface area (Å²) in [6, 6.07) is 31.0. The maximum atomic E-state index is 6.63. The van der Waals surface area contributed by atoms with Crippen molar-refractivity contribution in [3.05, 3.63) is 107 Å². The van der Waals surface area contributed by atoms with Gasteiger partial charge in [0.15, 0.2) is 0 Å². The van der Waals surface area contributed by atoms with Crippen LogP contribution in [0, 0.1) is 0 Å². The van der Waals surface area contributed by atoms with Gasteiger partial charge >= 0.3 is 0 Å². The van der Waals surface area contributed by atoms with E-state index in [0.29, 0.717) is 0 Å². The molecule has 0 spiro atoms. The van der Waals surface area contributed by atoms with E-state index in [1.807, 2.05) is 30.3 Å². The average molecular weight is 369 g/mol. The Kier molecular flexibility index (Phi) is 6.48. The van der Waals surface area contributed by atoms with Crippen LogP contribution in [-0.4, -0.2) is 0 Å². The fourth-order valence-corrected chi connectivity index (χ4v) is 4.78. The van der Waals surface area contributed by atoms with E-state index >= 15 is 0 Å². The molecule has 3 aromatic rings. The molecule has 3 aromatic carbocycles. The van der Waals surface area contributed by atoms with Crippen molar-refractivity contribution in [2.24, 2.45) is 0 Å². The van der Waals surface area contributed by atoms with E-state index in [4.69, 9.17) is 11.6 Å². The van der Waals surface area contributed by atoms with E-state index in [-0.39, 0.29) is 5.38 Å². The van der Waals surface area contributed by atoms with Crippen LogP contribution in [-0.2, 0) is 0 Å². The molecule has 0 fully saturated rings. The zero-order chi connectivity index (χ0) is 16.6. The summed E-state index contributed by atoms with van der Waals surface area (Å²) in [5.41, 5.74) is 1.11. The van der Waals surface area contributed by atoms with Gasteiger partial charge in [-0.15, -0.1) is 11.6 Å². The molecule has 0 aromatic heterocycles. The molecule has 1 atom stereocenters. The molecule has 0 N–H and O–H groups in total. The SMILES string of the molecule is ClC(C=C(Sc1ccccc1)Sc1ccccc1)c1ccccc1. The second kappa shape index (κ2) is 9.03. The molecular formula is C21H17ClS2. The molecule has 3 heteroatoms. The summed E-state index contributed by atoms with van der Waals surface area (Å²) >= 11 is 10.1. The fourth-order valence-electron chi connectivity index (χ4n) is 2.15. The highest BCUT2D eigenvalue weighted by molar-refractivity contribution is 8.22. The molecule has 24 heavy (non-hydrogen) atoms. The number of thioether (sulfide) groups is 2. The van der Waals surface area contributed by atoms with Crippen LogP contribution in [0.3, 0.4) is 0 Å². The Morgan fingerprint density at radius 3 is 1.54 bits per heavy atom. The molecule has 0 radical (unpaired) electrons. The molecule has 0 aliphatic rings. The van der Waals surface area contributed by atoms with Gasteiger partial charge in [0.25, 0.3) is 0 Å². The Labute approximate surface area is 157 Å². The summed E-state index contributed by atoms with van der Waals surface area (Å²) in [5, 5.41) is -0.145. The molecule has 0 saturated carbocycles. The Hall–Kier alpha value is -1.61. The van der Waals surface area contributed by atoms with Crippen LogP contribution in [0.5, 0.6) is 0 Å². The minimum atomic E-state index is -0.145. The lowest BCUT2D eigenvalue weighted by atomic mass is 10.1. The van der Waals surface area contributed by atoms with Crippen LogP contribution in [0.15, 0.2) is 111 Å². The van der Waals surface area contributed by atoms with Crippen LogP contribution in [0.4, 0.5) is 0 Å². The maximum Gasteiger partial charge on any atom is 0.0785 e. The molecular weight excluding hydrogens is 352 g/mol. The number of benzene rings is 3. The first-order chi connectivity index (χ1) is 11.8. The molecule has 0 nitrogen and oxygen atoms in total. The molecule has 1 unspecified atom stereocenters. The van der Waals surface area contributed by atoms with Gasteiger partial charge in [0.1, 0.15) is 0 Å². The summed E-state index contributed by atoms with van der Waals surface area (Å²) in [6.45, 7) is 0. The highest BCUT2D eigenvalue weighted by Gasteiger charge is 2.09. The maximum absolute atomic E-state index is 6.63. The van der Waals surface area contributed by atoms with Gasteiger partial charge in [-0.3, -0.25) is 0 Å². The number of hydrogen-bond donors (Lipinski definition) is 0. The summed E-state index contributed by atoms with van der Waals surface area (Å²) in [4.78, 5) is 2.42. The van der Waals surface area contributed by atoms with Crippen molar-refractivity contribution in [2.45, 2.75) is 15.2 Å². The van der Waals surface area contributed by atoms with Crippen LogP contribution in [0.1, 0.15) is 10.9 Å². The van der Waals surface area contributed by atoms with Crippen LogP contribution < -0.4 is 0 Å². The monoisotopic (exact) mass is 368 g/mol. The molecule has 0 saturated heterocycles. The van der Waals surface area contributed by atoms with E-state index in [0.717, 1.165) is 5.56 Å². The fraction of sp³-hybridized carbons (Fsp3) is 0.0476. The lowest BCUT2D eigenvalue weighted by Gasteiger charge is -2.11. The summed E-state index contributed by atoms with van der Waals surface area (Å²) in [6.07, 6.45) is 2.13. The molecule has 0 aliphatic heterocycles. The van der Waals surface area contributed by atoms with E-state index < -0.39 is 0 Å². The van der Waals surface area contributed by atoms with Crippen LogP contribution in [0.2, 0.25) is 0 Å². The van der Waals surface area contributed by atoms with Gasteiger partial charge in [-0.25, -0.2) is 0 Å². The van der Waals surface area contributed by atoms with Crippen molar-refractivity contribution in [2.75, 3.05) is 0 Å². The number of rotatable bonds is 6. The Balaban J connectivity index is 1.84. The first-order valence-corrected chi connectivity index (χ1v) is 9.75. The first-order valence-electron chi connectivity index (χ1n) is 7.68. The van der Waals surface area contributed by atoms with Gasteiger partial charge < -0.3 is 0 Å². The van der Waals surface area contributed by atoms with Crippen molar-refractivity contribution in [1.82, 2.24) is 0 Å². The number of hydrogen-bond acceptors (Lipinski definition) is 2. The lowest BCUT2D eigenvalue weighted by molar-refractivity contribution is 1.21.